The van der Waals surface area contributed by atoms with Crippen LogP contribution < -0.4 is 5.32 Å². The van der Waals surface area contributed by atoms with Crippen molar-refractivity contribution >= 4 is 23.1 Å². The van der Waals surface area contributed by atoms with Gasteiger partial charge < -0.3 is 5.32 Å². The van der Waals surface area contributed by atoms with Gasteiger partial charge in [-0.15, -0.1) is 0 Å². The SMILES string of the molecule is CC(C)CC(Nc1ccc(Cl)cc1)C1CCCCC1=O. The lowest BCUT2D eigenvalue weighted by molar-refractivity contribution is -0.125. The molecule has 0 saturated heterocycles. The molecule has 0 amide bonds. The predicted octanol–water partition coefficient (Wildman–Crippen LogP) is 4.93. The smallest absolute Gasteiger partial charge is 0.138 e. The molecule has 0 bridgehead atoms. The van der Waals surface area contributed by atoms with Crippen LogP contribution in [0.5, 0.6) is 0 Å². The molecule has 2 atom stereocenters. The molecule has 1 aromatic rings. The quantitative estimate of drug-likeness (QED) is 0.834. The van der Waals surface area contributed by atoms with Crippen LogP contribution in [0.1, 0.15) is 46.0 Å². The van der Waals surface area contributed by atoms with Gasteiger partial charge in [-0.3, -0.25) is 4.79 Å². The Labute approximate surface area is 126 Å². The fourth-order valence-electron chi connectivity index (χ4n) is 3.03. The van der Waals surface area contributed by atoms with E-state index in [1.165, 1.54) is 6.42 Å². The Balaban J connectivity index is 2.10. The molecule has 0 aliphatic heterocycles. The molecule has 2 nitrogen and oxygen atoms in total. The van der Waals surface area contributed by atoms with Gasteiger partial charge in [0, 0.05) is 29.1 Å². The highest BCUT2D eigenvalue weighted by atomic mass is 35.5. The highest BCUT2D eigenvalue weighted by molar-refractivity contribution is 6.30. The maximum absolute atomic E-state index is 12.2. The molecule has 0 radical (unpaired) electrons. The Morgan fingerprint density at radius 1 is 1.25 bits per heavy atom. The van der Waals surface area contributed by atoms with Crippen LogP contribution in [0.2, 0.25) is 5.02 Å². The van der Waals surface area contributed by atoms with Crippen molar-refractivity contribution in [2.75, 3.05) is 5.32 Å². The topological polar surface area (TPSA) is 29.1 Å². The van der Waals surface area contributed by atoms with Crippen molar-refractivity contribution in [3.05, 3.63) is 29.3 Å². The van der Waals surface area contributed by atoms with Crippen LogP contribution in [0.15, 0.2) is 24.3 Å². The first kappa shape index (κ1) is 15.4. The summed E-state index contributed by atoms with van der Waals surface area (Å²) in [5.41, 5.74) is 1.05. The van der Waals surface area contributed by atoms with Crippen LogP contribution in [0.3, 0.4) is 0 Å². The van der Waals surface area contributed by atoms with Gasteiger partial charge in [-0.2, -0.15) is 0 Å². The fourth-order valence-corrected chi connectivity index (χ4v) is 3.15. The summed E-state index contributed by atoms with van der Waals surface area (Å²) in [6.45, 7) is 4.42. The third-order valence-electron chi connectivity index (χ3n) is 4.01. The Kier molecular flexibility index (Phi) is 5.47. The minimum absolute atomic E-state index is 0.168. The average Bonchev–Trinajstić information content (AvgIpc) is 2.41. The van der Waals surface area contributed by atoms with Gasteiger partial charge in [-0.1, -0.05) is 31.9 Å². The maximum atomic E-state index is 12.2. The van der Waals surface area contributed by atoms with Gasteiger partial charge in [0.15, 0.2) is 0 Å². The molecule has 1 aromatic carbocycles. The van der Waals surface area contributed by atoms with E-state index in [0.717, 1.165) is 36.4 Å². The molecule has 1 aliphatic rings. The highest BCUT2D eigenvalue weighted by Crippen LogP contribution is 2.29. The molecule has 0 heterocycles. The highest BCUT2D eigenvalue weighted by Gasteiger charge is 2.30. The number of ketones is 1. The minimum atomic E-state index is 0.168. The molecule has 0 spiro atoms. The van der Waals surface area contributed by atoms with E-state index in [2.05, 4.69) is 19.2 Å². The second-order valence-corrected chi connectivity index (χ2v) is 6.64. The molecule has 3 heteroatoms. The van der Waals surface area contributed by atoms with Gasteiger partial charge in [0.05, 0.1) is 0 Å². The Morgan fingerprint density at radius 3 is 2.55 bits per heavy atom. The standard InChI is InChI=1S/C17H24ClNO/c1-12(2)11-16(15-5-3-4-6-17(15)20)19-14-9-7-13(18)8-10-14/h7-10,12,15-16,19H,3-6,11H2,1-2H3. The normalized spacial score (nSPS) is 21.0. The number of anilines is 1. The molecule has 20 heavy (non-hydrogen) atoms. The van der Waals surface area contributed by atoms with Crippen molar-refractivity contribution in [2.45, 2.75) is 52.0 Å². The average molecular weight is 294 g/mol. The zero-order chi connectivity index (χ0) is 14.5. The Morgan fingerprint density at radius 2 is 1.95 bits per heavy atom. The number of Topliss-reactive ketones (excluding diaryl/α,β-unsaturated/α-hetero) is 1. The third kappa shape index (κ3) is 4.24. The van der Waals surface area contributed by atoms with E-state index in [0.29, 0.717) is 11.7 Å². The predicted molar refractivity (Wildman–Crippen MR) is 85.3 cm³/mol. The summed E-state index contributed by atoms with van der Waals surface area (Å²) in [5.74, 6) is 1.18. The number of hydrogen-bond donors (Lipinski definition) is 1. The molecular weight excluding hydrogens is 270 g/mol. The van der Waals surface area contributed by atoms with Gasteiger partial charge in [-0.05, 0) is 49.4 Å². The number of hydrogen-bond acceptors (Lipinski definition) is 2. The molecule has 1 saturated carbocycles. The molecule has 1 N–H and O–H groups in total. The molecule has 0 aromatic heterocycles. The van der Waals surface area contributed by atoms with Crippen molar-refractivity contribution in [3.8, 4) is 0 Å². The number of carbonyl (C=O) groups is 1. The summed E-state index contributed by atoms with van der Waals surface area (Å²) in [6.07, 6.45) is 5.04. The summed E-state index contributed by atoms with van der Waals surface area (Å²) >= 11 is 5.92. The van der Waals surface area contributed by atoms with Gasteiger partial charge in [0.25, 0.3) is 0 Å². The lowest BCUT2D eigenvalue weighted by atomic mass is 9.80. The van der Waals surface area contributed by atoms with Crippen LogP contribution in [0.4, 0.5) is 5.69 Å². The Hall–Kier alpha value is -1.02. The number of carbonyl (C=O) groups excluding carboxylic acids is 1. The summed E-state index contributed by atoms with van der Waals surface area (Å²) in [7, 11) is 0. The van der Waals surface area contributed by atoms with E-state index in [1.807, 2.05) is 24.3 Å². The van der Waals surface area contributed by atoms with Gasteiger partial charge in [0.1, 0.15) is 5.78 Å². The zero-order valence-electron chi connectivity index (χ0n) is 12.4. The van der Waals surface area contributed by atoms with Crippen molar-refractivity contribution in [3.63, 3.8) is 0 Å². The summed E-state index contributed by atoms with van der Waals surface area (Å²) < 4.78 is 0. The number of benzene rings is 1. The van der Waals surface area contributed by atoms with E-state index in [-0.39, 0.29) is 12.0 Å². The van der Waals surface area contributed by atoms with Crippen LogP contribution in [-0.2, 0) is 4.79 Å². The van der Waals surface area contributed by atoms with Crippen LogP contribution >= 0.6 is 11.6 Å². The van der Waals surface area contributed by atoms with E-state index in [9.17, 15) is 4.79 Å². The van der Waals surface area contributed by atoms with Gasteiger partial charge in [-0.25, -0.2) is 0 Å². The maximum Gasteiger partial charge on any atom is 0.138 e. The lowest BCUT2D eigenvalue weighted by Gasteiger charge is -2.31. The van der Waals surface area contributed by atoms with Crippen LogP contribution in [0.25, 0.3) is 0 Å². The van der Waals surface area contributed by atoms with Crippen molar-refractivity contribution in [2.24, 2.45) is 11.8 Å². The largest absolute Gasteiger partial charge is 0.382 e. The molecule has 2 rings (SSSR count). The third-order valence-corrected chi connectivity index (χ3v) is 4.26. The van der Waals surface area contributed by atoms with Crippen molar-refractivity contribution in [1.29, 1.82) is 0 Å². The molecule has 110 valence electrons. The zero-order valence-corrected chi connectivity index (χ0v) is 13.1. The van der Waals surface area contributed by atoms with E-state index in [1.54, 1.807) is 0 Å². The van der Waals surface area contributed by atoms with Gasteiger partial charge in [0.2, 0.25) is 0 Å². The second-order valence-electron chi connectivity index (χ2n) is 6.21. The van der Waals surface area contributed by atoms with Crippen molar-refractivity contribution < 1.29 is 4.79 Å². The first-order valence-electron chi connectivity index (χ1n) is 7.61. The molecule has 2 unspecified atom stereocenters. The molecular formula is C17H24ClNO. The first-order valence-corrected chi connectivity index (χ1v) is 7.99. The van der Waals surface area contributed by atoms with Crippen molar-refractivity contribution in [1.82, 2.24) is 0 Å². The number of rotatable bonds is 5. The van der Waals surface area contributed by atoms with E-state index < -0.39 is 0 Å². The van der Waals surface area contributed by atoms with E-state index >= 15 is 0 Å². The monoisotopic (exact) mass is 293 g/mol. The van der Waals surface area contributed by atoms with Crippen LogP contribution in [0, 0.1) is 11.8 Å². The molecule has 1 fully saturated rings. The van der Waals surface area contributed by atoms with Crippen LogP contribution in [-0.4, -0.2) is 11.8 Å². The minimum Gasteiger partial charge on any atom is -0.382 e. The summed E-state index contributed by atoms with van der Waals surface area (Å²) in [6, 6.07) is 7.99. The number of nitrogens with one attached hydrogen (secondary N) is 1. The lowest BCUT2D eigenvalue weighted by Crippen LogP contribution is -2.37. The molecule has 1 aliphatic carbocycles. The fraction of sp³-hybridized carbons (Fsp3) is 0.588. The number of halogens is 1. The van der Waals surface area contributed by atoms with E-state index in [4.69, 9.17) is 11.6 Å². The second kappa shape index (κ2) is 7.12. The summed E-state index contributed by atoms with van der Waals surface area (Å²) in [5, 5.41) is 4.30. The summed E-state index contributed by atoms with van der Waals surface area (Å²) in [4.78, 5) is 12.2. The van der Waals surface area contributed by atoms with Gasteiger partial charge >= 0.3 is 0 Å². The Bertz CT molecular complexity index is 441. The first-order chi connectivity index (χ1) is 9.56.